The summed E-state index contributed by atoms with van der Waals surface area (Å²) in [6.45, 7) is 0.688. The number of nitrogens with zero attached hydrogens (tertiary/aromatic N) is 1. The Balaban J connectivity index is 1.69. The van der Waals surface area contributed by atoms with Gasteiger partial charge in [-0.1, -0.05) is 0 Å². The Hall–Kier alpha value is -2.76. The number of hydrogen-bond donors (Lipinski definition) is 0. The summed E-state index contributed by atoms with van der Waals surface area (Å²) in [6.07, 6.45) is 0. The molecule has 0 N–H and O–H groups in total. The topological polar surface area (TPSA) is 48.0 Å². The molecule has 0 saturated carbocycles. The summed E-state index contributed by atoms with van der Waals surface area (Å²) < 4.78 is 28.7. The van der Waals surface area contributed by atoms with Crippen LogP contribution in [0.15, 0.2) is 48.5 Å². The van der Waals surface area contributed by atoms with E-state index in [9.17, 15) is 9.18 Å². The number of methoxy groups -OCH3 is 1. The summed E-state index contributed by atoms with van der Waals surface area (Å²) in [5.74, 6) is 1.39. The monoisotopic (exact) mass is 333 g/mol. The fraction of sp³-hybridized carbons (Fsp3) is 0.278. The van der Waals surface area contributed by atoms with Gasteiger partial charge in [-0.25, -0.2) is 4.39 Å². The molecule has 0 heterocycles. The predicted octanol–water partition coefficient (Wildman–Crippen LogP) is 2.75. The maximum Gasteiger partial charge on any atom is 0.260 e. The molecule has 0 spiro atoms. The highest BCUT2D eigenvalue weighted by Crippen LogP contribution is 2.16. The Morgan fingerprint density at radius 2 is 1.50 bits per heavy atom. The number of amides is 1. The van der Waals surface area contributed by atoms with Crippen LogP contribution in [0.2, 0.25) is 0 Å². The van der Waals surface area contributed by atoms with Gasteiger partial charge in [0, 0.05) is 7.05 Å². The lowest BCUT2D eigenvalue weighted by molar-refractivity contribution is -0.132. The molecule has 0 aliphatic carbocycles. The minimum absolute atomic E-state index is 0.106. The SMILES string of the molecule is COc1ccc(OCCN(C)C(=O)COc2ccc(F)cc2)cc1. The molecule has 2 rings (SSSR count). The molecule has 24 heavy (non-hydrogen) atoms. The molecular formula is C18H20FNO4. The van der Waals surface area contributed by atoms with Crippen molar-refractivity contribution in [3.8, 4) is 17.2 Å². The normalized spacial score (nSPS) is 10.1. The molecule has 0 radical (unpaired) electrons. The zero-order valence-corrected chi connectivity index (χ0v) is 13.7. The Bertz CT molecular complexity index is 643. The van der Waals surface area contributed by atoms with E-state index in [1.807, 2.05) is 0 Å². The van der Waals surface area contributed by atoms with Crippen LogP contribution in [0.5, 0.6) is 17.2 Å². The van der Waals surface area contributed by atoms with Crippen molar-refractivity contribution in [1.29, 1.82) is 0 Å². The number of benzene rings is 2. The Morgan fingerprint density at radius 3 is 2.12 bits per heavy atom. The highest BCUT2D eigenvalue weighted by atomic mass is 19.1. The second-order valence-electron chi connectivity index (χ2n) is 5.08. The van der Waals surface area contributed by atoms with Crippen LogP contribution in [-0.2, 0) is 4.79 Å². The Morgan fingerprint density at radius 1 is 0.958 bits per heavy atom. The molecule has 0 fully saturated rings. The number of carbonyl (C=O) groups excluding carboxylic acids is 1. The predicted molar refractivity (Wildman–Crippen MR) is 88.0 cm³/mol. The lowest BCUT2D eigenvalue weighted by Crippen LogP contribution is -2.34. The summed E-state index contributed by atoms with van der Waals surface area (Å²) in [4.78, 5) is 13.5. The van der Waals surface area contributed by atoms with E-state index in [4.69, 9.17) is 14.2 Å². The van der Waals surface area contributed by atoms with Crippen LogP contribution in [-0.4, -0.2) is 44.7 Å². The number of halogens is 1. The van der Waals surface area contributed by atoms with Gasteiger partial charge in [0.1, 0.15) is 29.7 Å². The molecule has 0 saturated heterocycles. The van der Waals surface area contributed by atoms with E-state index in [0.717, 1.165) is 5.75 Å². The van der Waals surface area contributed by atoms with Gasteiger partial charge in [-0.05, 0) is 48.5 Å². The largest absolute Gasteiger partial charge is 0.497 e. The maximum absolute atomic E-state index is 12.8. The molecule has 0 unspecified atom stereocenters. The van der Waals surface area contributed by atoms with Crippen molar-refractivity contribution in [3.63, 3.8) is 0 Å². The van der Waals surface area contributed by atoms with Crippen LogP contribution in [0.1, 0.15) is 0 Å². The summed E-state index contributed by atoms with van der Waals surface area (Å²) in [7, 11) is 3.28. The fourth-order valence-electron chi connectivity index (χ4n) is 1.88. The van der Waals surface area contributed by atoms with E-state index in [0.29, 0.717) is 24.7 Å². The molecule has 0 atom stereocenters. The maximum atomic E-state index is 12.8. The van der Waals surface area contributed by atoms with Crippen molar-refractivity contribution in [2.24, 2.45) is 0 Å². The number of rotatable bonds is 8. The van der Waals surface area contributed by atoms with Crippen LogP contribution in [0, 0.1) is 5.82 Å². The smallest absolute Gasteiger partial charge is 0.260 e. The Kier molecular flexibility index (Phi) is 6.42. The molecule has 2 aromatic carbocycles. The second kappa shape index (κ2) is 8.76. The molecule has 128 valence electrons. The fourth-order valence-corrected chi connectivity index (χ4v) is 1.88. The third kappa shape index (κ3) is 5.46. The number of likely N-dealkylation sites (N-methyl/N-ethyl adjacent to an activating group) is 1. The standard InChI is InChI=1S/C18H20FNO4/c1-20(11-12-23-16-9-7-15(22-2)8-10-16)18(21)13-24-17-5-3-14(19)4-6-17/h3-10H,11-13H2,1-2H3. The van der Waals surface area contributed by atoms with Crippen LogP contribution in [0.25, 0.3) is 0 Å². The first-order valence-corrected chi connectivity index (χ1v) is 7.47. The van der Waals surface area contributed by atoms with Crippen molar-refractivity contribution < 1.29 is 23.4 Å². The number of hydrogen-bond acceptors (Lipinski definition) is 4. The van der Waals surface area contributed by atoms with E-state index < -0.39 is 0 Å². The first kappa shape index (κ1) is 17.6. The zero-order valence-electron chi connectivity index (χ0n) is 13.7. The molecule has 0 bridgehead atoms. The quantitative estimate of drug-likeness (QED) is 0.745. The molecule has 1 amide bonds. The lowest BCUT2D eigenvalue weighted by Gasteiger charge is -2.18. The van der Waals surface area contributed by atoms with E-state index in [1.165, 1.54) is 29.2 Å². The third-order valence-electron chi connectivity index (χ3n) is 3.36. The summed E-state index contributed by atoms with van der Waals surface area (Å²) >= 11 is 0. The van der Waals surface area contributed by atoms with Gasteiger partial charge in [0.15, 0.2) is 6.61 Å². The van der Waals surface area contributed by atoms with Crippen molar-refractivity contribution in [3.05, 3.63) is 54.3 Å². The molecular weight excluding hydrogens is 313 g/mol. The molecule has 0 aliphatic rings. The molecule has 2 aromatic rings. The van der Waals surface area contributed by atoms with E-state index in [1.54, 1.807) is 38.4 Å². The summed E-state index contributed by atoms with van der Waals surface area (Å²) in [6, 6.07) is 12.8. The van der Waals surface area contributed by atoms with Crippen molar-refractivity contribution in [1.82, 2.24) is 4.90 Å². The highest BCUT2D eigenvalue weighted by molar-refractivity contribution is 5.77. The first-order chi connectivity index (χ1) is 11.6. The van der Waals surface area contributed by atoms with Crippen LogP contribution >= 0.6 is 0 Å². The number of carbonyl (C=O) groups is 1. The van der Waals surface area contributed by atoms with Crippen LogP contribution in [0.4, 0.5) is 4.39 Å². The molecule has 0 aliphatic heterocycles. The van der Waals surface area contributed by atoms with Gasteiger partial charge in [0.25, 0.3) is 5.91 Å². The van der Waals surface area contributed by atoms with Crippen LogP contribution < -0.4 is 14.2 Å². The van der Waals surface area contributed by atoms with Gasteiger partial charge < -0.3 is 19.1 Å². The average molecular weight is 333 g/mol. The molecule has 6 heteroatoms. The minimum atomic E-state index is -0.346. The van der Waals surface area contributed by atoms with Crippen molar-refractivity contribution >= 4 is 5.91 Å². The van der Waals surface area contributed by atoms with Crippen LogP contribution in [0.3, 0.4) is 0 Å². The lowest BCUT2D eigenvalue weighted by atomic mass is 10.3. The first-order valence-electron chi connectivity index (χ1n) is 7.47. The summed E-state index contributed by atoms with van der Waals surface area (Å²) in [5, 5.41) is 0. The average Bonchev–Trinajstić information content (AvgIpc) is 2.61. The Labute approximate surface area is 140 Å². The van der Waals surface area contributed by atoms with Gasteiger partial charge in [-0.2, -0.15) is 0 Å². The molecule has 5 nitrogen and oxygen atoms in total. The highest BCUT2D eigenvalue weighted by Gasteiger charge is 2.09. The van der Waals surface area contributed by atoms with Crippen molar-refractivity contribution in [2.75, 3.05) is 33.9 Å². The molecule has 0 aromatic heterocycles. The van der Waals surface area contributed by atoms with E-state index in [2.05, 4.69) is 0 Å². The van der Waals surface area contributed by atoms with Gasteiger partial charge in [-0.3, -0.25) is 4.79 Å². The second-order valence-corrected chi connectivity index (χ2v) is 5.08. The van der Waals surface area contributed by atoms with Gasteiger partial charge in [-0.15, -0.1) is 0 Å². The van der Waals surface area contributed by atoms with Gasteiger partial charge in [0.2, 0.25) is 0 Å². The zero-order chi connectivity index (χ0) is 17.4. The van der Waals surface area contributed by atoms with Gasteiger partial charge in [0.05, 0.1) is 13.7 Å². The van der Waals surface area contributed by atoms with E-state index >= 15 is 0 Å². The minimum Gasteiger partial charge on any atom is -0.497 e. The van der Waals surface area contributed by atoms with Gasteiger partial charge >= 0.3 is 0 Å². The number of ether oxygens (including phenoxy) is 3. The van der Waals surface area contributed by atoms with E-state index in [-0.39, 0.29) is 18.3 Å². The summed E-state index contributed by atoms with van der Waals surface area (Å²) in [5.41, 5.74) is 0. The van der Waals surface area contributed by atoms with Crippen molar-refractivity contribution in [2.45, 2.75) is 0 Å². The third-order valence-corrected chi connectivity index (χ3v) is 3.36.